The molecule has 2 nitrogen and oxygen atoms in total. The molecule has 0 aromatic heterocycles. The maximum absolute atomic E-state index is 12.9. The third-order valence-corrected chi connectivity index (χ3v) is 6.66. The second kappa shape index (κ2) is 10.8. The van der Waals surface area contributed by atoms with E-state index in [4.69, 9.17) is 0 Å². The average molecular weight is 435 g/mol. The van der Waals surface area contributed by atoms with E-state index in [9.17, 15) is 9.90 Å². The topological polar surface area (TPSA) is 37.3 Å². The molecule has 4 aromatic carbocycles. The molecule has 1 N–H and O–H groups in total. The largest absolute Gasteiger partial charge is 0.481 e. The van der Waals surface area contributed by atoms with Crippen LogP contribution in [-0.2, 0) is 29.5 Å². The molecule has 2 heteroatoms. The van der Waals surface area contributed by atoms with Crippen LogP contribution in [0.15, 0.2) is 121 Å². The van der Waals surface area contributed by atoms with E-state index < -0.39 is 17.3 Å². The fourth-order valence-electron chi connectivity index (χ4n) is 4.94. The molecule has 0 saturated heterocycles. The van der Waals surface area contributed by atoms with Crippen LogP contribution in [0.4, 0.5) is 0 Å². The van der Waals surface area contributed by atoms with E-state index in [1.165, 1.54) is 5.56 Å². The molecule has 0 spiro atoms. The fraction of sp³-hybridized carbons (Fsp3) is 0.194. The summed E-state index contributed by atoms with van der Waals surface area (Å²) in [5, 5.41) is 10.6. The van der Waals surface area contributed by atoms with Gasteiger partial charge in [-0.05, 0) is 47.9 Å². The summed E-state index contributed by atoms with van der Waals surface area (Å²) in [6.07, 6.45) is 2.74. The van der Waals surface area contributed by atoms with Gasteiger partial charge in [-0.2, -0.15) is 0 Å². The number of hydrogen-bond acceptors (Lipinski definition) is 1. The summed E-state index contributed by atoms with van der Waals surface area (Å²) in [5.41, 5.74) is 3.98. The molecule has 0 amide bonds. The van der Waals surface area contributed by atoms with E-state index in [1.54, 1.807) is 0 Å². The Morgan fingerprint density at radius 3 is 1.61 bits per heavy atom. The first kappa shape index (κ1) is 22.5. The molecule has 2 unspecified atom stereocenters. The molecular weight excluding hydrogens is 404 g/mol. The van der Waals surface area contributed by atoms with Gasteiger partial charge in [-0.15, -0.1) is 0 Å². The Labute approximate surface area is 196 Å². The van der Waals surface area contributed by atoms with E-state index in [-0.39, 0.29) is 0 Å². The lowest BCUT2D eigenvalue weighted by molar-refractivity contribution is -0.144. The zero-order valence-electron chi connectivity index (χ0n) is 18.8. The Bertz CT molecular complexity index is 1120. The lowest BCUT2D eigenvalue weighted by Gasteiger charge is -2.40. The van der Waals surface area contributed by atoms with Gasteiger partial charge < -0.3 is 5.11 Å². The van der Waals surface area contributed by atoms with Crippen molar-refractivity contribution in [2.75, 3.05) is 0 Å². The third kappa shape index (κ3) is 5.59. The normalized spacial score (nSPS) is 13.7. The Morgan fingerprint density at radius 2 is 1.09 bits per heavy atom. The summed E-state index contributed by atoms with van der Waals surface area (Å²) in [6, 6.07) is 41.0. The monoisotopic (exact) mass is 434 g/mol. The highest BCUT2D eigenvalue weighted by molar-refractivity contribution is 5.73. The van der Waals surface area contributed by atoms with Gasteiger partial charge in [0, 0.05) is 5.41 Å². The van der Waals surface area contributed by atoms with E-state index in [2.05, 4.69) is 48.5 Å². The molecule has 33 heavy (non-hydrogen) atoms. The second-order valence-corrected chi connectivity index (χ2v) is 8.75. The van der Waals surface area contributed by atoms with Crippen LogP contribution in [0.3, 0.4) is 0 Å². The molecule has 0 saturated carbocycles. The molecule has 0 aliphatic heterocycles. The predicted octanol–water partition coefficient (Wildman–Crippen LogP) is 6.74. The number of aryl methyl sites for hydroxylation is 1. The summed E-state index contributed by atoms with van der Waals surface area (Å²) >= 11 is 0. The molecule has 0 fully saturated rings. The van der Waals surface area contributed by atoms with Crippen LogP contribution in [0.5, 0.6) is 0 Å². The quantitative estimate of drug-likeness (QED) is 0.300. The molecular formula is C31H30O2. The highest BCUT2D eigenvalue weighted by Crippen LogP contribution is 2.42. The van der Waals surface area contributed by atoms with Crippen molar-refractivity contribution < 1.29 is 9.90 Å². The fourth-order valence-corrected chi connectivity index (χ4v) is 4.94. The smallest absolute Gasteiger partial charge is 0.307 e. The third-order valence-electron chi connectivity index (χ3n) is 6.66. The number of aliphatic carboxylic acids is 1. The van der Waals surface area contributed by atoms with Crippen LogP contribution >= 0.6 is 0 Å². The first-order valence-corrected chi connectivity index (χ1v) is 11.6. The number of carboxylic acids is 1. The first-order valence-electron chi connectivity index (χ1n) is 11.6. The minimum absolute atomic E-state index is 0.493. The molecule has 0 aliphatic carbocycles. The van der Waals surface area contributed by atoms with Gasteiger partial charge >= 0.3 is 5.97 Å². The zero-order chi connectivity index (χ0) is 22.9. The van der Waals surface area contributed by atoms with Crippen LogP contribution in [0.25, 0.3) is 0 Å². The molecule has 0 aliphatic rings. The first-order chi connectivity index (χ1) is 16.2. The molecule has 0 bridgehead atoms. The lowest BCUT2D eigenvalue weighted by atomic mass is 9.62. The van der Waals surface area contributed by atoms with Gasteiger partial charge in [0.25, 0.3) is 0 Å². The highest BCUT2D eigenvalue weighted by atomic mass is 16.4. The molecule has 2 atom stereocenters. The SMILES string of the molecule is O=C(O)C(Cc1ccccc1)C(CCc1ccccc1)(Cc1ccccc1)c1ccccc1. The van der Waals surface area contributed by atoms with Crippen molar-refractivity contribution in [1.29, 1.82) is 0 Å². The molecule has 166 valence electrons. The number of benzene rings is 4. The molecule has 0 radical (unpaired) electrons. The number of carboxylic acid groups (broad SMARTS) is 1. The van der Waals surface area contributed by atoms with E-state index in [1.807, 2.05) is 72.8 Å². The minimum atomic E-state index is -0.744. The number of hydrogen-bond donors (Lipinski definition) is 1. The zero-order valence-corrected chi connectivity index (χ0v) is 18.8. The van der Waals surface area contributed by atoms with Crippen molar-refractivity contribution in [1.82, 2.24) is 0 Å². The Morgan fingerprint density at radius 1 is 0.636 bits per heavy atom. The number of carbonyl (C=O) groups is 1. The minimum Gasteiger partial charge on any atom is -0.481 e. The van der Waals surface area contributed by atoms with Gasteiger partial charge in [-0.3, -0.25) is 4.79 Å². The van der Waals surface area contributed by atoms with Gasteiger partial charge in [0.05, 0.1) is 5.92 Å². The summed E-state index contributed by atoms with van der Waals surface area (Å²) < 4.78 is 0. The van der Waals surface area contributed by atoms with Crippen LogP contribution in [-0.4, -0.2) is 11.1 Å². The summed E-state index contributed by atoms with van der Waals surface area (Å²) in [6.45, 7) is 0. The summed E-state index contributed by atoms with van der Waals surface area (Å²) in [7, 11) is 0. The Kier molecular flexibility index (Phi) is 7.36. The van der Waals surface area contributed by atoms with Gasteiger partial charge in [-0.25, -0.2) is 0 Å². The number of rotatable bonds is 10. The maximum Gasteiger partial charge on any atom is 0.307 e. The van der Waals surface area contributed by atoms with Crippen molar-refractivity contribution in [3.8, 4) is 0 Å². The van der Waals surface area contributed by atoms with Crippen molar-refractivity contribution in [3.63, 3.8) is 0 Å². The highest BCUT2D eigenvalue weighted by Gasteiger charge is 2.44. The van der Waals surface area contributed by atoms with Gasteiger partial charge in [0.1, 0.15) is 0 Å². The molecule has 4 rings (SSSR count). The summed E-state index contributed by atoms with van der Waals surface area (Å²) in [5.74, 6) is -1.31. The molecule has 4 aromatic rings. The van der Waals surface area contributed by atoms with E-state index in [0.29, 0.717) is 12.8 Å². The van der Waals surface area contributed by atoms with E-state index >= 15 is 0 Å². The molecule has 0 heterocycles. The Balaban J connectivity index is 1.83. The Hall–Kier alpha value is -3.65. The van der Waals surface area contributed by atoms with Crippen LogP contribution in [0.1, 0.15) is 28.7 Å². The van der Waals surface area contributed by atoms with Crippen molar-refractivity contribution in [2.24, 2.45) is 5.92 Å². The van der Waals surface area contributed by atoms with Crippen LogP contribution < -0.4 is 0 Å². The average Bonchev–Trinajstić information content (AvgIpc) is 2.87. The van der Waals surface area contributed by atoms with Crippen LogP contribution in [0.2, 0.25) is 0 Å². The lowest BCUT2D eigenvalue weighted by Crippen LogP contribution is -2.43. The summed E-state index contributed by atoms with van der Waals surface area (Å²) in [4.78, 5) is 12.9. The van der Waals surface area contributed by atoms with Crippen molar-refractivity contribution in [2.45, 2.75) is 31.1 Å². The van der Waals surface area contributed by atoms with Crippen molar-refractivity contribution in [3.05, 3.63) is 144 Å². The predicted molar refractivity (Wildman–Crippen MR) is 134 cm³/mol. The maximum atomic E-state index is 12.9. The van der Waals surface area contributed by atoms with E-state index in [0.717, 1.165) is 29.5 Å². The van der Waals surface area contributed by atoms with Gasteiger partial charge in [-0.1, -0.05) is 121 Å². The standard InChI is InChI=1S/C31H30O2/c32-30(33)29(23-26-15-7-2-8-16-26)31(28-19-11-4-12-20-28,24-27-17-9-3-10-18-27)22-21-25-13-5-1-6-14-25/h1-20,29H,21-24H2,(H,32,33). The van der Waals surface area contributed by atoms with Crippen LogP contribution in [0, 0.1) is 5.92 Å². The van der Waals surface area contributed by atoms with Crippen molar-refractivity contribution >= 4 is 5.97 Å². The van der Waals surface area contributed by atoms with Gasteiger partial charge in [0.2, 0.25) is 0 Å². The van der Waals surface area contributed by atoms with Gasteiger partial charge in [0.15, 0.2) is 0 Å². The second-order valence-electron chi connectivity index (χ2n) is 8.75.